The van der Waals surface area contributed by atoms with E-state index in [0.29, 0.717) is 6.61 Å². The number of carbonyl (C=O) groups excluding carboxylic acids is 1. The molecular formula is C22H36O4. The van der Waals surface area contributed by atoms with Gasteiger partial charge in [-0.1, -0.05) is 35.5 Å². The summed E-state index contributed by atoms with van der Waals surface area (Å²) in [7, 11) is 0. The van der Waals surface area contributed by atoms with Crippen molar-refractivity contribution in [3.05, 3.63) is 46.6 Å². The van der Waals surface area contributed by atoms with Crippen molar-refractivity contribution >= 4 is 5.97 Å². The second kappa shape index (κ2) is 15.6. The third-order valence-corrected chi connectivity index (χ3v) is 3.99. The molecule has 4 heteroatoms. The Kier molecular flexibility index (Phi) is 14.6. The topological polar surface area (TPSA) is 66.8 Å². The lowest BCUT2D eigenvalue weighted by Crippen LogP contribution is -2.03. The number of hydrogen-bond donors (Lipinski definition) is 2. The number of hydrogen-bond acceptors (Lipinski definition) is 4. The number of rotatable bonds is 13. The molecule has 2 N–H and O–H groups in total. The van der Waals surface area contributed by atoms with E-state index in [1.165, 1.54) is 12.5 Å². The maximum Gasteiger partial charge on any atom is 0.302 e. The maximum atomic E-state index is 11.1. The van der Waals surface area contributed by atoms with Gasteiger partial charge in [0, 0.05) is 6.92 Å². The van der Waals surface area contributed by atoms with Crippen LogP contribution in [0.1, 0.15) is 66.2 Å². The van der Waals surface area contributed by atoms with E-state index >= 15 is 0 Å². The molecule has 148 valence electrons. The summed E-state index contributed by atoms with van der Waals surface area (Å²) >= 11 is 0. The summed E-state index contributed by atoms with van der Waals surface area (Å²) < 4.78 is 5.14. The lowest BCUT2D eigenvalue weighted by molar-refractivity contribution is -0.140. The standard InChI is InChI=1S/C22H36O4/c1-18(2)8-5-10-21(16-24)11-7-13-22(17-26-20(4)25)12-6-9-19(3)14-15-23/h8,11-12,14,23-24H,5-7,9-10,13,15-17H2,1-4H3. The van der Waals surface area contributed by atoms with Gasteiger partial charge in [0.05, 0.1) is 13.2 Å². The van der Waals surface area contributed by atoms with Crippen molar-refractivity contribution in [2.75, 3.05) is 19.8 Å². The van der Waals surface area contributed by atoms with Crippen LogP contribution in [0.4, 0.5) is 0 Å². The predicted molar refractivity (Wildman–Crippen MR) is 108 cm³/mol. The van der Waals surface area contributed by atoms with Crippen molar-refractivity contribution in [3.8, 4) is 0 Å². The third kappa shape index (κ3) is 14.7. The molecule has 0 fully saturated rings. The van der Waals surface area contributed by atoms with E-state index in [9.17, 15) is 9.90 Å². The monoisotopic (exact) mass is 364 g/mol. The Hall–Kier alpha value is -1.65. The van der Waals surface area contributed by atoms with E-state index in [0.717, 1.165) is 55.2 Å². The largest absolute Gasteiger partial charge is 0.461 e. The Bertz CT molecular complexity index is 520. The van der Waals surface area contributed by atoms with Gasteiger partial charge in [0.1, 0.15) is 6.61 Å². The average Bonchev–Trinajstić information content (AvgIpc) is 2.57. The van der Waals surface area contributed by atoms with E-state index in [2.05, 4.69) is 32.1 Å². The summed E-state index contributed by atoms with van der Waals surface area (Å²) in [6, 6.07) is 0. The fraction of sp³-hybridized carbons (Fsp3) is 0.591. The number of ether oxygens (including phenoxy) is 1. The minimum absolute atomic E-state index is 0.0668. The van der Waals surface area contributed by atoms with Gasteiger partial charge in [-0.3, -0.25) is 4.79 Å². The van der Waals surface area contributed by atoms with E-state index in [4.69, 9.17) is 9.84 Å². The van der Waals surface area contributed by atoms with E-state index in [-0.39, 0.29) is 19.2 Å². The number of aliphatic hydroxyl groups excluding tert-OH is 2. The van der Waals surface area contributed by atoms with Crippen LogP contribution < -0.4 is 0 Å². The summed E-state index contributed by atoms with van der Waals surface area (Å²) in [6.07, 6.45) is 13.4. The number of carbonyl (C=O) groups is 1. The minimum Gasteiger partial charge on any atom is -0.461 e. The van der Waals surface area contributed by atoms with Crippen molar-refractivity contribution in [3.63, 3.8) is 0 Å². The second-order valence-corrected chi connectivity index (χ2v) is 6.79. The Labute approximate surface area is 159 Å². The zero-order valence-corrected chi connectivity index (χ0v) is 16.9. The van der Waals surface area contributed by atoms with Gasteiger partial charge in [-0.05, 0) is 70.4 Å². The molecule has 0 saturated heterocycles. The molecule has 0 radical (unpaired) electrons. The molecule has 0 unspecified atom stereocenters. The molecular weight excluding hydrogens is 328 g/mol. The van der Waals surface area contributed by atoms with Crippen LogP contribution in [-0.2, 0) is 9.53 Å². The van der Waals surface area contributed by atoms with Crippen LogP contribution in [0, 0.1) is 0 Å². The first-order valence-corrected chi connectivity index (χ1v) is 9.38. The Balaban J connectivity index is 4.63. The highest BCUT2D eigenvalue weighted by Crippen LogP contribution is 2.14. The molecule has 0 aromatic heterocycles. The van der Waals surface area contributed by atoms with Crippen molar-refractivity contribution in [1.29, 1.82) is 0 Å². The van der Waals surface area contributed by atoms with Crippen LogP contribution in [0.5, 0.6) is 0 Å². The Morgan fingerprint density at radius 2 is 1.38 bits per heavy atom. The van der Waals surface area contributed by atoms with Gasteiger partial charge in [0.2, 0.25) is 0 Å². The quantitative estimate of drug-likeness (QED) is 0.369. The van der Waals surface area contributed by atoms with Crippen LogP contribution in [0.2, 0.25) is 0 Å². The molecule has 0 saturated carbocycles. The predicted octanol–water partition coefficient (Wildman–Crippen LogP) is 4.64. The van der Waals surface area contributed by atoms with Crippen LogP contribution >= 0.6 is 0 Å². The van der Waals surface area contributed by atoms with Crippen LogP contribution in [-0.4, -0.2) is 36.0 Å². The molecule has 0 aliphatic rings. The van der Waals surface area contributed by atoms with Crippen molar-refractivity contribution in [2.24, 2.45) is 0 Å². The maximum absolute atomic E-state index is 11.1. The fourth-order valence-corrected chi connectivity index (χ4v) is 2.44. The van der Waals surface area contributed by atoms with Crippen LogP contribution in [0.3, 0.4) is 0 Å². The Morgan fingerprint density at radius 1 is 0.808 bits per heavy atom. The first-order valence-electron chi connectivity index (χ1n) is 9.38. The number of esters is 1. The third-order valence-electron chi connectivity index (χ3n) is 3.99. The summed E-state index contributed by atoms with van der Waals surface area (Å²) in [4.78, 5) is 11.1. The molecule has 0 aromatic carbocycles. The minimum atomic E-state index is -0.277. The van der Waals surface area contributed by atoms with E-state index in [1.807, 2.05) is 13.0 Å². The van der Waals surface area contributed by atoms with Gasteiger partial charge in [0.25, 0.3) is 0 Å². The highest BCUT2D eigenvalue weighted by molar-refractivity contribution is 5.66. The molecule has 0 aliphatic heterocycles. The lowest BCUT2D eigenvalue weighted by atomic mass is 10.0. The normalized spacial score (nSPS) is 12.9. The van der Waals surface area contributed by atoms with Crippen LogP contribution in [0.25, 0.3) is 0 Å². The molecule has 0 atom stereocenters. The summed E-state index contributed by atoms with van der Waals surface area (Å²) in [5, 5.41) is 18.4. The van der Waals surface area contributed by atoms with Crippen molar-refractivity contribution in [2.45, 2.75) is 66.2 Å². The summed E-state index contributed by atoms with van der Waals surface area (Å²) in [5.74, 6) is -0.277. The lowest BCUT2D eigenvalue weighted by Gasteiger charge is -2.08. The molecule has 0 heterocycles. The number of allylic oxidation sites excluding steroid dienone is 5. The molecule has 4 nitrogen and oxygen atoms in total. The highest BCUT2D eigenvalue weighted by atomic mass is 16.5. The van der Waals surface area contributed by atoms with Crippen molar-refractivity contribution < 1.29 is 19.7 Å². The second-order valence-electron chi connectivity index (χ2n) is 6.79. The summed E-state index contributed by atoms with van der Waals surface area (Å²) in [6.45, 7) is 8.04. The van der Waals surface area contributed by atoms with Crippen molar-refractivity contribution in [1.82, 2.24) is 0 Å². The van der Waals surface area contributed by atoms with E-state index < -0.39 is 0 Å². The first-order chi connectivity index (χ1) is 12.4. The highest BCUT2D eigenvalue weighted by Gasteiger charge is 2.02. The number of aliphatic hydroxyl groups is 2. The zero-order chi connectivity index (χ0) is 19.8. The zero-order valence-electron chi connectivity index (χ0n) is 16.9. The SMILES string of the molecule is CC(=O)OCC(=CCCC(C)=CCO)CCC=C(CO)CCC=C(C)C. The molecule has 0 spiro atoms. The van der Waals surface area contributed by atoms with Gasteiger partial charge in [-0.25, -0.2) is 0 Å². The Morgan fingerprint density at radius 3 is 1.96 bits per heavy atom. The molecule has 0 rings (SSSR count). The molecule has 0 amide bonds. The first kappa shape index (κ1) is 24.4. The summed E-state index contributed by atoms with van der Waals surface area (Å²) in [5.41, 5.74) is 4.59. The van der Waals surface area contributed by atoms with Gasteiger partial charge in [0.15, 0.2) is 0 Å². The molecule has 0 aromatic rings. The van der Waals surface area contributed by atoms with Gasteiger partial charge >= 0.3 is 5.97 Å². The molecule has 26 heavy (non-hydrogen) atoms. The van der Waals surface area contributed by atoms with Gasteiger partial charge in [-0.15, -0.1) is 0 Å². The smallest absolute Gasteiger partial charge is 0.302 e. The van der Waals surface area contributed by atoms with Crippen LogP contribution in [0.15, 0.2) is 46.6 Å². The average molecular weight is 365 g/mol. The fourth-order valence-electron chi connectivity index (χ4n) is 2.44. The van der Waals surface area contributed by atoms with Gasteiger partial charge in [-0.2, -0.15) is 0 Å². The molecule has 0 bridgehead atoms. The van der Waals surface area contributed by atoms with E-state index in [1.54, 1.807) is 0 Å². The molecule has 0 aliphatic carbocycles. The van der Waals surface area contributed by atoms with Gasteiger partial charge < -0.3 is 14.9 Å².